The van der Waals surface area contributed by atoms with Gasteiger partial charge in [0.05, 0.1) is 13.2 Å². The van der Waals surface area contributed by atoms with Gasteiger partial charge in [-0.1, -0.05) is 13.3 Å². The summed E-state index contributed by atoms with van der Waals surface area (Å²) in [4.78, 5) is 0. The molecule has 0 aliphatic rings. The summed E-state index contributed by atoms with van der Waals surface area (Å²) in [6.07, 6.45) is 3.30. The summed E-state index contributed by atoms with van der Waals surface area (Å²) in [5, 5.41) is 8.76. The molecule has 3 nitrogen and oxygen atoms in total. The molecule has 0 aliphatic heterocycles. The Bertz CT molecular complexity index is 96.2. The highest BCUT2D eigenvalue weighted by Gasteiger charge is 1.98. The lowest BCUT2D eigenvalue weighted by molar-refractivity contribution is 0.0679. The topological polar surface area (TPSA) is 38.7 Å². The molecule has 0 rings (SSSR count). The zero-order valence-corrected chi connectivity index (χ0v) is 8.79. The van der Waals surface area contributed by atoms with Gasteiger partial charge < -0.3 is 14.6 Å². The average Bonchev–Trinajstić information content (AvgIpc) is 2.16. The first-order chi connectivity index (χ1) is 6.31. The van der Waals surface area contributed by atoms with Crippen LogP contribution in [-0.2, 0) is 9.47 Å². The number of aliphatic hydroxyl groups excluding tert-OH is 1. The molecule has 3 heteroatoms. The number of hydrogen-bond donors (Lipinski definition) is 1. The second kappa shape index (κ2) is 9.96. The quantitative estimate of drug-likeness (QED) is 0.559. The van der Waals surface area contributed by atoms with Gasteiger partial charge in [-0.25, -0.2) is 0 Å². The molecule has 0 aromatic rings. The van der Waals surface area contributed by atoms with Gasteiger partial charge >= 0.3 is 0 Å². The highest BCUT2D eigenvalue weighted by Crippen LogP contribution is 2.06. The summed E-state index contributed by atoms with van der Waals surface area (Å²) in [5.41, 5.74) is 0. The van der Waals surface area contributed by atoms with Crippen LogP contribution in [0.15, 0.2) is 0 Å². The molecule has 0 heterocycles. The molecule has 80 valence electrons. The van der Waals surface area contributed by atoms with Crippen LogP contribution in [0.1, 0.15) is 26.2 Å². The van der Waals surface area contributed by atoms with Gasteiger partial charge in [0, 0.05) is 20.3 Å². The molecule has 0 amide bonds. The fourth-order valence-electron chi connectivity index (χ4n) is 1.03. The van der Waals surface area contributed by atoms with Crippen LogP contribution in [-0.4, -0.2) is 38.6 Å². The van der Waals surface area contributed by atoms with E-state index in [0.29, 0.717) is 25.7 Å². The summed E-state index contributed by atoms with van der Waals surface area (Å²) in [5.74, 6) is 0.430. The van der Waals surface area contributed by atoms with Crippen LogP contribution in [0.2, 0.25) is 0 Å². The Morgan fingerprint density at radius 3 is 2.54 bits per heavy atom. The molecular weight excluding hydrogens is 168 g/mol. The fraction of sp³-hybridized carbons (Fsp3) is 1.00. The first-order valence-electron chi connectivity index (χ1n) is 4.98. The third-order valence-electron chi connectivity index (χ3n) is 1.98. The molecule has 0 spiro atoms. The van der Waals surface area contributed by atoms with Gasteiger partial charge in [0.15, 0.2) is 0 Å². The zero-order chi connectivity index (χ0) is 9.94. The van der Waals surface area contributed by atoms with Crippen molar-refractivity contribution >= 4 is 0 Å². The lowest BCUT2D eigenvalue weighted by atomic mass is 10.1. The maximum Gasteiger partial charge on any atom is 0.0700 e. The minimum atomic E-state index is 0.296. The van der Waals surface area contributed by atoms with Crippen LogP contribution in [0.3, 0.4) is 0 Å². The van der Waals surface area contributed by atoms with Crippen molar-refractivity contribution in [3.63, 3.8) is 0 Å². The van der Waals surface area contributed by atoms with E-state index in [1.165, 1.54) is 0 Å². The predicted octanol–water partition coefficient (Wildman–Crippen LogP) is 1.45. The van der Waals surface area contributed by atoms with Gasteiger partial charge in [-0.15, -0.1) is 0 Å². The van der Waals surface area contributed by atoms with E-state index in [1.54, 1.807) is 7.11 Å². The number of unbranched alkanes of at least 4 members (excludes halogenated alkanes) is 1. The maximum absolute atomic E-state index is 8.76. The molecule has 0 bridgehead atoms. The molecule has 0 aliphatic carbocycles. The smallest absolute Gasteiger partial charge is 0.0700 e. The Hall–Kier alpha value is -0.120. The highest BCUT2D eigenvalue weighted by atomic mass is 16.5. The lowest BCUT2D eigenvalue weighted by Crippen LogP contribution is -2.04. The average molecular weight is 190 g/mol. The molecule has 0 aromatic heterocycles. The van der Waals surface area contributed by atoms with E-state index >= 15 is 0 Å². The standard InChI is InChI=1S/C10H22O3/c1-10(9-11)5-3-4-6-13-8-7-12-2/h10-11H,3-9H2,1-2H3. The highest BCUT2D eigenvalue weighted by molar-refractivity contribution is 4.50. The van der Waals surface area contributed by atoms with E-state index in [0.717, 1.165) is 25.9 Å². The van der Waals surface area contributed by atoms with E-state index in [9.17, 15) is 0 Å². The number of rotatable bonds is 9. The number of methoxy groups -OCH3 is 1. The van der Waals surface area contributed by atoms with E-state index in [2.05, 4.69) is 6.92 Å². The van der Waals surface area contributed by atoms with Crippen molar-refractivity contribution in [2.24, 2.45) is 5.92 Å². The second-order valence-electron chi connectivity index (χ2n) is 3.39. The molecule has 0 saturated heterocycles. The molecule has 0 saturated carbocycles. The van der Waals surface area contributed by atoms with Gasteiger partial charge in [0.25, 0.3) is 0 Å². The Morgan fingerprint density at radius 1 is 1.15 bits per heavy atom. The third-order valence-corrected chi connectivity index (χ3v) is 1.98. The van der Waals surface area contributed by atoms with Crippen molar-refractivity contribution in [2.45, 2.75) is 26.2 Å². The Labute approximate surface area is 81.0 Å². The Morgan fingerprint density at radius 2 is 1.92 bits per heavy atom. The molecule has 0 radical (unpaired) electrons. The first-order valence-corrected chi connectivity index (χ1v) is 4.98. The van der Waals surface area contributed by atoms with Crippen molar-refractivity contribution in [3.05, 3.63) is 0 Å². The van der Waals surface area contributed by atoms with E-state index in [-0.39, 0.29) is 0 Å². The Kier molecular flexibility index (Phi) is 9.87. The third kappa shape index (κ3) is 9.80. The monoisotopic (exact) mass is 190 g/mol. The lowest BCUT2D eigenvalue weighted by Gasteiger charge is -2.07. The van der Waals surface area contributed by atoms with Crippen molar-refractivity contribution in [1.82, 2.24) is 0 Å². The normalized spacial score (nSPS) is 13.2. The molecule has 1 unspecified atom stereocenters. The summed E-state index contributed by atoms with van der Waals surface area (Å²) in [7, 11) is 1.67. The van der Waals surface area contributed by atoms with Gasteiger partial charge in [-0.3, -0.25) is 0 Å². The van der Waals surface area contributed by atoms with Gasteiger partial charge in [-0.2, -0.15) is 0 Å². The van der Waals surface area contributed by atoms with Crippen LogP contribution in [0.25, 0.3) is 0 Å². The maximum atomic E-state index is 8.76. The number of ether oxygens (including phenoxy) is 2. The summed E-state index contributed by atoms with van der Waals surface area (Å²) < 4.78 is 10.1. The molecule has 1 atom stereocenters. The second-order valence-corrected chi connectivity index (χ2v) is 3.39. The molecule has 13 heavy (non-hydrogen) atoms. The van der Waals surface area contributed by atoms with Crippen molar-refractivity contribution in [2.75, 3.05) is 33.5 Å². The van der Waals surface area contributed by atoms with Crippen LogP contribution in [0.5, 0.6) is 0 Å². The molecular formula is C10H22O3. The summed E-state index contributed by atoms with van der Waals surface area (Å²) in [6.45, 7) is 4.52. The van der Waals surface area contributed by atoms with Crippen molar-refractivity contribution in [3.8, 4) is 0 Å². The Balaban J connectivity index is 2.91. The predicted molar refractivity (Wildman–Crippen MR) is 52.8 cm³/mol. The van der Waals surface area contributed by atoms with E-state index < -0.39 is 0 Å². The zero-order valence-electron chi connectivity index (χ0n) is 8.79. The van der Waals surface area contributed by atoms with E-state index in [1.807, 2.05) is 0 Å². The van der Waals surface area contributed by atoms with Crippen LogP contribution in [0, 0.1) is 5.92 Å². The van der Waals surface area contributed by atoms with Gasteiger partial charge in [-0.05, 0) is 18.8 Å². The van der Waals surface area contributed by atoms with Gasteiger partial charge in [0.1, 0.15) is 0 Å². The van der Waals surface area contributed by atoms with Crippen LogP contribution >= 0.6 is 0 Å². The van der Waals surface area contributed by atoms with Crippen LogP contribution in [0.4, 0.5) is 0 Å². The molecule has 1 N–H and O–H groups in total. The SMILES string of the molecule is COCCOCCCCC(C)CO. The van der Waals surface area contributed by atoms with Crippen LogP contribution < -0.4 is 0 Å². The minimum Gasteiger partial charge on any atom is -0.396 e. The van der Waals surface area contributed by atoms with Crippen molar-refractivity contribution < 1.29 is 14.6 Å². The molecule has 0 aromatic carbocycles. The first kappa shape index (κ1) is 12.9. The number of aliphatic hydroxyl groups is 1. The summed E-state index contributed by atoms with van der Waals surface area (Å²) in [6, 6.07) is 0. The van der Waals surface area contributed by atoms with E-state index in [4.69, 9.17) is 14.6 Å². The van der Waals surface area contributed by atoms with Crippen molar-refractivity contribution in [1.29, 1.82) is 0 Å². The molecule has 0 fully saturated rings. The van der Waals surface area contributed by atoms with Gasteiger partial charge in [0.2, 0.25) is 0 Å². The largest absolute Gasteiger partial charge is 0.396 e. The number of hydrogen-bond acceptors (Lipinski definition) is 3. The summed E-state index contributed by atoms with van der Waals surface area (Å²) >= 11 is 0. The minimum absolute atomic E-state index is 0.296. The fourth-order valence-corrected chi connectivity index (χ4v) is 1.03.